The minimum Gasteiger partial charge on any atom is -0.354 e. The van der Waals surface area contributed by atoms with Gasteiger partial charge in [0.05, 0.1) is 5.69 Å². The summed E-state index contributed by atoms with van der Waals surface area (Å²) in [6.07, 6.45) is 0. The Morgan fingerprint density at radius 2 is 1.56 bits per heavy atom. The Morgan fingerprint density at radius 3 is 2.09 bits per heavy atom. The molecule has 1 N–H and O–H groups in total. The van der Waals surface area contributed by atoms with Crippen LogP contribution in [0.3, 0.4) is 0 Å². The average Bonchev–Trinajstić information content (AvgIpc) is 2.80. The van der Waals surface area contributed by atoms with Crippen molar-refractivity contribution >= 4 is 27.7 Å². The van der Waals surface area contributed by atoms with Gasteiger partial charge in [0.1, 0.15) is 18.4 Å². The van der Waals surface area contributed by atoms with Crippen molar-refractivity contribution in [1.82, 2.24) is 14.5 Å². The Bertz CT molecular complexity index is 1060. The third-order valence-corrected chi connectivity index (χ3v) is 7.00. The molecule has 0 saturated carbocycles. The highest BCUT2D eigenvalue weighted by molar-refractivity contribution is 7.90. The molecule has 1 atom stereocenters. The van der Waals surface area contributed by atoms with Crippen LogP contribution in [-0.2, 0) is 26.3 Å². The van der Waals surface area contributed by atoms with Crippen LogP contribution >= 0.6 is 0 Å². The number of amides is 2. The first kappa shape index (κ1) is 27.3. The van der Waals surface area contributed by atoms with E-state index in [1.165, 1.54) is 31.1 Å². The van der Waals surface area contributed by atoms with Gasteiger partial charge in [0.25, 0.3) is 0 Å². The Morgan fingerprint density at radius 1 is 0.971 bits per heavy atom. The molecule has 0 fully saturated rings. The number of nitrogens with zero attached hydrogens (tertiary/aromatic N) is 3. The fraction of sp³-hybridized carbons (Fsp3) is 0.417. The molecule has 186 valence electrons. The van der Waals surface area contributed by atoms with Gasteiger partial charge in [-0.05, 0) is 42.7 Å². The zero-order valence-corrected chi connectivity index (χ0v) is 21.0. The van der Waals surface area contributed by atoms with Crippen LogP contribution in [0.25, 0.3) is 0 Å². The third-order valence-electron chi connectivity index (χ3n) is 5.18. The molecule has 0 aromatic heterocycles. The van der Waals surface area contributed by atoms with Gasteiger partial charge in [-0.2, -0.15) is 12.7 Å². The van der Waals surface area contributed by atoms with E-state index in [0.717, 1.165) is 26.3 Å². The summed E-state index contributed by atoms with van der Waals surface area (Å²) in [4.78, 5) is 27.6. The molecule has 2 rings (SSSR count). The molecule has 0 heterocycles. The molecule has 34 heavy (non-hydrogen) atoms. The van der Waals surface area contributed by atoms with Gasteiger partial charge in [-0.3, -0.25) is 9.59 Å². The van der Waals surface area contributed by atoms with Crippen LogP contribution in [0.15, 0.2) is 54.6 Å². The van der Waals surface area contributed by atoms with Crippen LogP contribution in [0.5, 0.6) is 0 Å². The van der Waals surface area contributed by atoms with Gasteiger partial charge in [-0.15, -0.1) is 0 Å². The number of anilines is 1. The van der Waals surface area contributed by atoms with E-state index in [-0.39, 0.29) is 24.1 Å². The van der Waals surface area contributed by atoms with Crippen LogP contribution in [0, 0.1) is 11.7 Å². The fourth-order valence-electron chi connectivity index (χ4n) is 3.14. The largest absolute Gasteiger partial charge is 0.354 e. The lowest BCUT2D eigenvalue weighted by Crippen LogP contribution is -2.52. The predicted octanol–water partition coefficient (Wildman–Crippen LogP) is 2.63. The van der Waals surface area contributed by atoms with E-state index < -0.39 is 34.5 Å². The molecule has 0 saturated heterocycles. The van der Waals surface area contributed by atoms with Crippen LogP contribution < -0.4 is 9.62 Å². The SMILES string of the molecule is CC(C)CNC(=O)C(C)N(Cc1ccccc1)C(=O)CN(c1ccc(F)cc1)S(=O)(=O)N(C)C. The van der Waals surface area contributed by atoms with Gasteiger partial charge in [-0.1, -0.05) is 44.2 Å². The Balaban J connectivity index is 2.39. The van der Waals surface area contributed by atoms with Crippen molar-refractivity contribution in [3.8, 4) is 0 Å². The molecular weight excluding hydrogens is 459 g/mol. The molecule has 0 aliphatic carbocycles. The minimum atomic E-state index is -4.08. The summed E-state index contributed by atoms with van der Waals surface area (Å²) in [5, 5.41) is 2.83. The first-order valence-corrected chi connectivity index (χ1v) is 12.4. The van der Waals surface area contributed by atoms with E-state index in [9.17, 15) is 22.4 Å². The Kier molecular flexibility index (Phi) is 9.57. The molecule has 0 aliphatic heterocycles. The highest BCUT2D eigenvalue weighted by atomic mass is 32.2. The Hall–Kier alpha value is -2.98. The van der Waals surface area contributed by atoms with Gasteiger partial charge in [0.2, 0.25) is 11.8 Å². The van der Waals surface area contributed by atoms with E-state index >= 15 is 0 Å². The number of hydrogen-bond acceptors (Lipinski definition) is 4. The zero-order chi connectivity index (χ0) is 25.5. The van der Waals surface area contributed by atoms with Crippen molar-refractivity contribution in [2.75, 3.05) is 31.5 Å². The second kappa shape index (κ2) is 11.9. The summed E-state index contributed by atoms with van der Waals surface area (Å²) in [7, 11) is -1.38. The molecule has 2 aromatic carbocycles. The molecular formula is C24H33FN4O4S. The highest BCUT2D eigenvalue weighted by Crippen LogP contribution is 2.21. The first-order valence-electron chi connectivity index (χ1n) is 11.0. The standard InChI is InChI=1S/C24H33FN4O4S/c1-18(2)15-26-24(31)19(3)28(16-20-9-7-6-8-10-20)23(30)17-29(34(32,33)27(4)5)22-13-11-21(25)12-14-22/h6-14,18-19H,15-17H2,1-5H3,(H,26,31). The van der Waals surface area contributed by atoms with Crippen molar-refractivity contribution in [1.29, 1.82) is 0 Å². The molecule has 2 aromatic rings. The van der Waals surface area contributed by atoms with E-state index in [1.54, 1.807) is 6.92 Å². The van der Waals surface area contributed by atoms with E-state index in [4.69, 9.17) is 0 Å². The molecule has 0 radical (unpaired) electrons. The van der Waals surface area contributed by atoms with Crippen molar-refractivity contribution in [2.45, 2.75) is 33.4 Å². The van der Waals surface area contributed by atoms with Crippen molar-refractivity contribution in [3.05, 3.63) is 66.0 Å². The molecule has 0 bridgehead atoms. The first-order chi connectivity index (χ1) is 15.9. The molecule has 0 aliphatic rings. The number of carbonyl (C=O) groups excluding carboxylic acids is 2. The van der Waals surface area contributed by atoms with Crippen LogP contribution in [0.1, 0.15) is 26.3 Å². The monoisotopic (exact) mass is 492 g/mol. The smallest absolute Gasteiger partial charge is 0.304 e. The number of carbonyl (C=O) groups is 2. The van der Waals surface area contributed by atoms with Crippen LogP contribution in [0.4, 0.5) is 10.1 Å². The molecule has 1 unspecified atom stereocenters. The number of benzene rings is 2. The van der Waals surface area contributed by atoms with Gasteiger partial charge >= 0.3 is 10.2 Å². The maximum absolute atomic E-state index is 13.5. The lowest BCUT2D eigenvalue weighted by atomic mass is 10.1. The molecule has 10 heteroatoms. The van der Waals surface area contributed by atoms with Gasteiger partial charge in [0.15, 0.2) is 0 Å². The fourth-order valence-corrected chi connectivity index (χ4v) is 4.20. The lowest BCUT2D eigenvalue weighted by molar-refractivity contribution is -0.139. The van der Waals surface area contributed by atoms with Gasteiger partial charge in [-0.25, -0.2) is 8.70 Å². The van der Waals surface area contributed by atoms with E-state index in [2.05, 4.69) is 5.32 Å². The minimum absolute atomic E-state index is 0.120. The topological polar surface area (TPSA) is 90.0 Å². The molecule has 2 amide bonds. The lowest BCUT2D eigenvalue weighted by Gasteiger charge is -2.33. The second-order valence-corrected chi connectivity index (χ2v) is 10.7. The quantitative estimate of drug-likeness (QED) is 0.522. The average molecular weight is 493 g/mol. The van der Waals surface area contributed by atoms with Crippen LogP contribution in [-0.4, -0.2) is 62.7 Å². The van der Waals surface area contributed by atoms with Crippen molar-refractivity contribution in [3.63, 3.8) is 0 Å². The summed E-state index contributed by atoms with van der Waals surface area (Å²) < 4.78 is 41.4. The molecule has 0 spiro atoms. The van der Waals surface area contributed by atoms with E-state index in [1.807, 2.05) is 44.2 Å². The maximum atomic E-state index is 13.5. The third kappa shape index (κ3) is 7.26. The van der Waals surface area contributed by atoms with Crippen molar-refractivity contribution < 1.29 is 22.4 Å². The van der Waals surface area contributed by atoms with Gasteiger partial charge < -0.3 is 10.2 Å². The number of hydrogen-bond donors (Lipinski definition) is 1. The predicted molar refractivity (Wildman–Crippen MR) is 131 cm³/mol. The van der Waals surface area contributed by atoms with Gasteiger partial charge in [0, 0.05) is 27.2 Å². The van der Waals surface area contributed by atoms with E-state index in [0.29, 0.717) is 6.54 Å². The molecule has 8 nitrogen and oxygen atoms in total. The number of halogens is 1. The summed E-state index contributed by atoms with van der Waals surface area (Å²) >= 11 is 0. The van der Waals surface area contributed by atoms with Crippen molar-refractivity contribution in [2.24, 2.45) is 5.92 Å². The van der Waals surface area contributed by atoms with Crippen LogP contribution in [0.2, 0.25) is 0 Å². The maximum Gasteiger partial charge on any atom is 0.304 e. The summed E-state index contributed by atoms with van der Waals surface area (Å²) in [5.74, 6) is -1.19. The normalized spacial score (nSPS) is 12.5. The number of nitrogens with one attached hydrogen (secondary N) is 1. The highest BCUT2D eigenvalue weighted by Gasteiger charge is 2.32. The summed E-state index contributed by atoms with van der Waals surface area (Å²) in [6, 6.07) is 13.1. The summed E-state index contributed by atoms with van der Waals surface area (Å²) in [6.45, 7) is 5.55. The number of rotatable bonds is 11. The second-order valence-electron chi connectivity index (χ2n) is 8.60. The Labute approximate surface area is 201 Å². The zero-order valence-electron chi connectivity index (χ0n) is 20.2. The summed E-state index contributed by atoms with van der Waals surface area (Å²) in [5.41, 5.74) is 0.934.